The van der Waals surface area contributed by atoms with Gasteiger partial charge in [0.25, 0.3) is 6.43 Å². The summed E-state index contributed by atoms with van der Waals surface area (Å²) in [4.78, 5) is 2.15. The molecule has 0 saturated carbocycles. The number of piperazine rings is 1. The maximum absolute atomic E-state index is 13.2. The average molecular weight is 486 g/mol. The molecule has 2 aliphatic rings. The van der Waals surface area contributed by atoms with Gasteiger partial charge in [-0.2, -0.15) is 5.10 Å². The van der Waals surface area contributed by atoms with Crippen LogP contribution in [0.5, 0.6) is 0 Å². The number of anilines is 1. The Morgan fingerprint density at radius 1 is 1.25 bits per heavy atom. The van der Waals surface area contributed by atoms with Crippen molar-refractivity contribution in [2.24, 2.45) is 0 Å². The Labute approximate surface area is 186 Å². The number of alkyl halides is 2. The van der Waals surface area contributed by atoms with Crippen molar-refractivity contribution in [1.82, 2.24) is 30.0 Å². The third-order valence-corrected chi connectivity index (χ3v) is 7.95. The Balaban J connectivity index is 1.65. The van der Waals surface area contributed by atoms with Crippen LogP contribution in [0.15, 0.2) is 23.2 Å². The summed E-state index contributed by atoms with van der Waals surface area (Å²) in [5.41, 5.74) is 0.492. The smallest absolute Gasteiger partial charge is 0.291 e. The molecule has 32 heavy (non-hydrogen) atoms. The first kappa shape index (κ1) is 21.6. The van der Waals surface area contributed by atoms with Crippen molar-refractivity contribution in [2.45, 2.75) is 23.8 Å². The van der Waals surface area contributed by atoms with E-state index in [2.05, 4.69) is 30.2 Å². The monoisotopic (exact) mass is 485 g/mol. The predicted octanol–water partition coefficient (Wildman–Crippen LogP) is 1.29. The van der Waals surface area contributed by atoms with Gasteiger partial charge in [0.2, 0.25) is 15.2 Å². The van der Waals surface area contributed by atoms with Crippen molar-refractivity contribution >= 4 is 38.0 Å². The quantitative estimate of drug-likeness (QED) is 0.537. The fraction of sp³-hybridized carbons (Fsp3) is 0.500. The average Bonchev–Trinajstić information content (AvgIpc) is 3.39. The zero-order valence-electron chi connectivity index (χ0n) is 17.1. The molecule has 2 aliphatic heterocycles. The van der Waals surface area contributed by atoms with Crippen LogP contribution in [0, 0.1) is 0 Å². The van der Waals surface area contributed by atoms with E-state index in [-0.39, 0.29) is 23.2 Å². The number of hydrogen-bond donors (Lipinski definition) is 2. The van der Waals surface area contributed by atoms with Gasteiger partial charge < -0.3 is 15.0 Å². The molecule has 14 heteroatoms. The van der Waals surface area contributed by atoms with Crippen LogP contribution >= 0.6 is 11.3 Å². The minimum absolute atomic E-state index is 0.0620. The van der Waals surface area contributed by atoms with E-state index in [1.807, 2.05) is 0 Å². The number of nitrogens with zero attached hydrogens (tertiary/aromatic N) is 5. The van der Waals surface area contributed by atoms with Gasteiger partial charge in [0.1, 0.15) is 0 Å². The van der Waals surface area contributed by atoms with E-state index in [1.54, 1.807) is 19.2 Å². The lowest BCUT2D eigenvalue weighted by Crippen LogP contribution is -2.59. The summed E-state index contributed by atoms with van der Waals surface area (Å²) in [5, 5.41) is 15.4. The first-order valence-electron chi connectivity index (χ1n) is 9.97. The number of aromatic nitrogens is 4. The van der Waals surface area contributed by atoms with Crippen LogP contribution in [0.3, 0.4) is 0 Å². The van der Waals surface area contributed by atoms with Crippen LogP contribution in [-0.2, 0) is 14.8 Å². The van der Waals surface area contributed by atoms with E-state index in [1.165, 1.54) is 10.7 Å². The number of rotatable bonds is 6. The van der Waals surface area contributed by atoms with Crippen molar-refractivity contribution < 1.29 is 21.9 Å². The van der Waals surface area contributed by atoms with Gasteiger partial charge in [-0.25, -0.2) is 26.6 Å². The van der Waals surface area contributed by atoms with Gasteiger partial charge in [0, 0.05) is 37.3 Å². The molecule has 0 amide bonds. The zero-order valence-corrected chi connectivity index (χ0v) is 18.7. The predicted molar refractivity (Wildman–Crippen MR) is 114 cm³/mol. The molecule has 0 atom stereocenters. The Hall–Kier alpha value is -2.26. The van der Waals surface area contributed by atoms with Gasteiger partial charge in [0.15, 0.2) is 5.01 Å². The van der Waals surface area contributed by atoms with Gasteiger partial charge >= 0.3 is 0 Å². The normalized spacial score (nSPS) is 18.9. The van der Waals surface area contributed by atoms with Crippen LogP contribution in [0.1, 0.15) is 18.4 Å². The second-order valence-electron chi connectivity index (χ2n) is 8.05. The van der Waals surface area contributed by atoms with Crippen LogP contribution in [0.25, 0.3) is 16.0 Å². The molecule has 0 spiro atoms. The third kappa shape index (κ3) is 3.85. The number of fused-ring (bicyclic) bond motifs is 1. The molecule has 2 fully saturated rings. The maximum atomic E-state index is 13.2. The van der Waals surface area contributed by atoms with Crippen molar-refractivity contribution in [3.8, 4) is 5.13 Å². The highest BCUT2D eigenvalue weighted by molar-refractivity contribution is 7.89. The van der Waals surface area contributed by atoms with Crippen LogP contribution < -0.4 is 14.9 Å². The maximum Gasteiger partial charge on any atom is 0.291 e. The lowest BCUT2D eigenvalue weighted by molar-refractivity contribution is -0.0523. The SMILES string of the molecule is CC1(NS(=O)(=O)c2cc(N3CCNCC3)c3cnn(-c4nnc(C(F)F)s4)c3c2)COC1. The van der Waals surface area contributed by atoms with Crippen LogP contribution in [0.2, 0.25) is 0 Å². The lowest BCUT2D eigenvalue weighted by atomic mass is 10.0. The molecule has 10 nitrogen and oxygen atoms in total. The number of sulfonamides is 1. The molecule has 2 aromatic heterocycles. The number of benzene rings is 1. The Bertz CT molecular complexity index is 1250. The largest absolute Gasteiger partial charge is 0.377 e. The summed E-state index contributed by atoms with van der Waals surface area (Å²) in [5.74, 6) is 0. The minimum atomic E-state index is -3.88. The summed E-state index contributed by atoms with van der Waals surface area (Å²) in [6.45, 7) is 5.26. The highest BCUT2D eigenvalue weighted by atomic mass is 32.2. The highest BCUT2D eigenvalue weighted by Crippen LogP contribution is 2.34. The molecular weight excluding hydrogens is 464 g/mol. The second kappa shape index (κ2) is 7.95. The molecule has 3 aromatic rings. The molecule has 5 rings (SSSR count). The molecule has 1 aromatic carbocycles. The van der Waals surface area contributed by atoms with E-state index in [0.29, 0.717) is 41.0 Å². The number of nitrogens with one attached hydrogen (secondary N) is 2. The summed E-state index contributed by atoms with van der Waals surface area (Å²) < 4.78 is 61.8. The molecule has 0 bridgehead atoms. The van der Waals surface area contributed by atoms with Gasteiger partial charge in [0.05, 0.1) is 35.4 Å². The Kier molecular flexibility index (Phi) is 5.36. The summed E-state index contributed by atoms with van der Waals surface area (Å²) >= 11 is 0.714. The fourth-order valence-electron chi connectivity index (χ4n) is 3.81. The molecule has 4 heterocycles. The third-order valence-electron chi connectivity index (χ3n) is 5.43. The minimum Gasteiger partial charge on any atom is -0.377 e. The number of halogens is 2. The number of hydrogen-bond acceptors (Lipinski definition) is 9. The first-order valence-corrected chi connectivity index (χ1v) is 12.3. The molecule has 2 saturated heterocycles. The molecule has 172 valence electrons. The Morgan fingerprint density at radius 3 is 2.62 bits per heavy atom. The highest BCUT2D eigenvalue weighted by Gasteiger charge is 2.38. The standard InChI is InChI=1S/C18H21F2N7O3S2/c1-18(9-30-10-18)25-32(28,29)11-6-13(26-4-2-21-3-5-26)12-8-22-27(14(12)7-11)17-24-23-16(31-17)15(19)20/h6-8,15,21,25H,2-5,9-10H2,1H3. The summed E-state index contributed by atoms with van der Waals surface area (Å²) in [6, 6.07) is 3.12. The van der Waals surface area contributed by atoms with Gasteiger partial charge in [-0.15, -0.1) is 10.2 Å². The van der Waals surface area contributed by atoms with Gasteiger partial charge in [-0.1, -0.05) is 11.3 Å². The van der Waals surface area contributed by atoms with Gasteiger partial charge in [-0.05, 0) is 19.1 Å². The van der Waals surface area contributed by atoms with E-state index in [0.717, 1.165) is 13.1 Å². The summed E-state index contributed by atoms with van der Waals surface area (Å²) in [6.07, 6.45) is -1.15. The summed E-state index contributed by atoms with van der Waals surface area (Å²) in [7, 11) is -3.88. The second-order valence-corrected chi connectivity index (χ2v) is 10.7. The van der Waals surface area contributed by atoms with E-state index >= 15 is 0 Å². The molecule has 0 aliphatic carbocycles. The van der Waals surface area contributed by atoms with Crippen LogP contribution in [-0.4, -0.2) is 73.3 Å². The van der Waals surface area contributed by atoms with Crippen molar-refractivity contribution in [2.75, 3.05) is 44.3 Å². The van der Waals surface area contributed by atoms with E-state index in [4.69, 9.17) is 4.74 Å². The fourth-order valence-corrected chi connectivity index (χ4v) is 5.90. The molecule has 0 radical (unpaired) electrons. The molecule has 0 unspecified atom stereocenters. The number of ether oxygens (including phenoxy) is 1. The van der Waals surface area contributed by atoms with Crippen molar-refractivity contribution in [1.29, 1.82) is 0 Å². The molecular formula is C18H21F2N7O3S2. The zero-order chi connectivity index (χ0) is 22.5. The molecule has 2 N–H and O–H groups in total. The van der Waals surface area contributed by atoms with Gasteiger partial charge in [-0.3, -0.25) is 0 Å². The van der Waals surface area contributed by atoms with Crippen molar-refractivity contribution in [3.05, 3.63) is 23.3 Å². The van der Waals surface area contributed by atoms with E-state index < -0.39 is 27.0 Å². The topological polar surface area (TPSA) is 114 Å². The first-order chi connectivity index (χ1) is 15.3. The Morgan fingerprint density at radius 2 is 2.00 bits per heavy atom. The lowest BCUT2D eigenvalue weighted by Gasteiger charge is -2.38. The van der Waals surface area contributed by atoms with E-state index in [9.17, 15) is 17.2 Å². The van der Waals surface area contributed by atoms with Crippen molar-refractivity contribution in [3.63, 3.8) is 0 Å². The van der Waals surface area contributed by atoms with Crippen LogP contribution in [0.4, 0.5) is 14.5 Å².